The molecular weight excluding hydrogens is 384 g/mol. The molecule has 1 heterocycles. The third-order valence-electron chi connectivity index (χ3n) is 4.77. The van der Waals surface area contributed by atoms with Crippen molar-refractivity contribution in [1.29, 1.82) is 0 Å². The van der Waals surface area contributed by atoms with Crippen LogP contribution in [0.25, 0.3) is 5.57 Å². The van der Waals surface area contributed by atoms with Crippen LogP contribution >= 0.6 is 27.5 Å². The van der Waals surface area contributed by atoms with Crippen LogP contribution in [0.4, 0.5) is 0 Å². The number of esters is 1. The fourth-order valence-electron chi connectivity index (χ4n) is 3.39. The molecule has 4 nitrogen and oxygen atoms in total. The monoisotopic (exact) mass is 400 g/mol. The highest BCUT2D eigenvalue weighted by atomic mass is 79.9. The smallest absolute Gasteiger partial charge is 0.343 e. The van der Waals surface area contributed by atoms with Crippen LogP contribution in [0.3, 0.4) is 0 Å². The zero-order valence-electron chi connectivity index (χ0n) is 13.0. The summed E-state index contributed by atoms with van der Waals surface area (Å²) in [6.07, 6.45) is 2.79. The molecule has 1 aromatic carbocycles. The van der Waals surface area contributed by atoms with Gasteiger partial charge >= 0.3 is 5.97 Å². The Morgan fingerprint density at radius 3 is 2.65 bits per heavy atom. The first kappa shape index (κ1) is 16.8. The van der Waals surface area contributed by atoms with E-state index in [1.807, 2.05) is 13.0 Å². The topological polar surface area (TPSA) is 55.8 Å². The zero-order valence-corrected chi connectivity index (χ0v) is 15.3. The van der Waals surface area contributed by atoms with Gasteiger partial charge in [-0.05, 0) is 71.8 Å². The Bertz CT molecular complexity index is 690. The number of aliphatic hydroxyl groups excluding tert-OH is 1. The van der Waals surface area contributed by atoms with Gasteiger partial charge in [-0.15, -0.1) is 0 Å². The molecule has 1 aliphatic heterocycles. The average Bonchev–Trinajstić information content (AvgIpc) is 2.75. The van der Waals surface area contributed by atoms with Crippen molar-refractivity contribution in [2.75, 3.05) is 7.11 Å². The maximum Gasteiger partial charge on any atom is 0.343 e. The molecular formula is C17H18BrClO4. The number of hydrogen-bond donors (Lipinski definition) is 1. The minimum absolute atomic E-state index is 0.0264. The number of aliphatic hydroxyl groups is 1. The Morgan fingerprint density at radius 1 is 1.39 bits per heavy atom. The Balaban J connectivity index is 2.02. The standard InChI is InChI=1S/C17H18BrClO4/c1-9-7-12(18)13(19)8-11(9)14-15(20)17(23-16(14)21)5-3-10(22-2)4-6-17/h7-8,10,20H,3-6H2,1-2H3. The van der Waals surface area contributed by atoms with E-state index >= 15 is 0 Å². The van der Waals surface area contributed by atoms with E-state index in [4.69, 9.17) is 21.1 Å². The van der Waals surface area contributed by atoms with Crippen LogP contribution in [0.15, 0.2) is 22.4 Å². The second kappa shape index (κ2) is 6.11. The lowest BCUT2D eigenvalue weighted by molar-refractivity contribution is -0.151. The second-order valence-corrected chi connectivity index (χ2v) is 7.39. The zero-order chi connectivity index (χ0) is 16.8. The Morgan fingerprint density at radius 2 is 2.04 bits per heavy atom. The molecule has 0 radical (unpaired) electrons. The summed E-state index contributed by atoms with van der Waals surface area (Å²) in [7, 11) is 1.68. The Kier molecular flexibility index (Phi) is 4.47. The van der Waals surface area contributed by atoms with Gasteiger partial charge in [0, 0.05) is 11.6 Å². The number of hydrogen-bond acceptors (Lipinski definition) is 4. The number of halogens is 2. The molecule has 0 bridgehead atoms. The van der Waals surface area contributed by atoms with E-state index in [0.29, 0.717) is 23.4 Å². The van der Waals surface area contributed by atoms with Gasteiger partial charge in [0.25, 0.3) is 0 Å². The number of aryl methyl sites for hydroxylation is 1. The first-order valence-corrected chi connectivity index (χ1v) is 8.71. The van der Waals surface area contributed by atoms with Crippen molar-refractivity contribution >= 4 is 39.1 Å². The number of methoxy groups -OCH3 is 1. The highest BCUT2D eigenvalue weighted by Gasteiger charge is 2.50. The lowest BCUT2D eigenvalue weighted by Crippen LogP contribution is -2.38. The lowest BCUT2D eigenvalue weighted by atomic mass is 9.81. The van der Waals surface area contributed by atoms with Crippen LogP contribution in [0.5, 0.6) is 0 Å². The maximum absolute atomic E-state index is 12.4. The second-order valence-electron chi connectivity index (χ2n) is 6.12. The summed E-state index contributed by atoms with van der Waals surface area (Å²) in [5.41, 5.74) is 0.787. The van der Waals surface area contributed by atoms with Crippen LogP contribution in [-0.4, -0.2) is 29.9 Å². The molecule has 1 spiro atoms. The van der Waals surface area contributed by atoms with E-state index in [1.54, 1.807) is 13.2 Å². The van der Waals surface area contributed by atoms with E-state index in [2.05, 4.69) is 15.9 Å². The number of benzene rings is 1. The Hall–Kier alpha value is -1.04. The molecule has 1 aliphatic carbocycles. The summed E-state index contributed by atoms with van der Waals surface area (Å²) in [5, 5.41) is 11.3. The van der Waals surface area contributed by atoms with Gasteiger partial charge in [0.05, 0.1) is 11.1 Å². The number of carbonyl (C=O) groups excluding carboxylic acids is 1. The molecule has 23 heavy (non-hydrogen) atoms. The van der Waals surface area contributed by atoms with Crippen molar-refractivity contribution in [2.24, 2.45) is 0 Å². The van der Waals surface area contributed by atoms with Gasteiger partial charge in [-0.3, -0.25) is 0 Å². The van der Waals surface area contributed by atoms with Crippen LogP contribution in [0, 0.1) is 6.92 Å². The van der Waals surface area contributed by atoms with E-state index in [1.165, 1.54) is 0 Å². The fraction of sp³-hybridized carbons (Fsp3) is 0.471. The SMILES string of the molecule is COC1CCC2(CC1)OC(=O)C(c1cc(Cl)c(Br)cc1C)=C2O. The van der Waals surface area contributed by atoms with Crippen LogP contribution in [0.2, 0.25) is 5.02 Å². The van der Waals surface area contributed by atoms with Crippen molar-refractivity contribution in [1.82, 2.24) is 0 Å². The van der Waals surface area contributed by atoms with Crippen molar-refractivity contribution in [3.8, 4) is 0 Å². The minimum Gasteiger partial charge on any atom is -0.507 e. The number of rotatable bonds is 2. The van der Waals surface area contributed by atoms with Crippen molar-refractivity contribution in [2.45, 2.75) is 44.3 Å². The van der Waals surface area contributed by atoms with Crippen molar-refractivity contribution < 1.29 is 19.4 Å². The van der Waals surface area contributed by atoms with Gasteiger partial charge in [-0.2, -0.15) is 0 Å². The molecule has 0 aromatic heterocycles. The summed E-state index contributed by atoms with van der Waals surface area (Å²) in [6, 6.07) is 3.52. The molecule has 0 atom stereocenters. The minimum atomic E-state index is -0.909. The van der Waals surface area contributed by atoms with E-state index in [9.17, 15) is 9.90 Å². The predicted octanol–water partition coefficient (Wildman–Crippen LogP) is 4.56. The van der Waals surface area contributed by atoms with E-state index in [0.717, 1.165) is 22.9 Å². The summed E-state index contributed by atoms with van der Waals surface area (Å²) < 4.78 is 11.7. The molecule has 124 valence electrons. The van der Waals surface area contributed by atoms with Crippen LogP contribution < -0.4 is 0 Å². The van der Waals surface area contributed by atoms with Crippen molar-refractivity contribution in [3.63, 3.8) is 0 Å². The average molecular weight is 402 g/mol. The third-order valence-corrected chi connectivity index (χ3v) is 5.97. The van der Waals surface area contributed by atoms with Gasteiger partial charge in [0.1, 0.15) is 5.57 Å². The normalized spacial score (nSPS) is 27.7. The summed E-state index contributed by atoms with van der Waals surface area (Å²) in [5.74, 6) is -0.460. The molecule has 1 saturated carbocycles. The molecule has 1 N–H and O–H groups in total. The summed E-state index contributed by atoms with van der Waals surface area (Å²) >= 11 is 9.52. The molecule has 6 heteroatoms. The van der Waals surface area contributed by atoms with Gasteiger partial charge in [-0.25, -0.2) is 4.79 Å². The first-order valence-electron chi connectivity index (χ1n) is 7.54. The van der Waals surface area contributed by atoms with Crippen LogP contribution in [-0.2, 0) is 14.3 Å². The predicted molar refractivity (Wildman–Crippen MR) is 91.5 cm³/mol. The van der Waals surface area contributed by atoms with Crippen molar-refractivity contribution in [3.05, 3.63) is 38.5 Å². The summed E-state index contributed by atoms with van der Waals surface area (Å²) in [4.78, 5) is 12.4. The highest BCUT2D eigenvalue weighted by molar-refractivity contribution is 9.10. The number of carbonyl (C=O) groups is 1. The fourth-order valence-corrected chi connectivity index (χ4v) is 4.01. The molecule has 3 rings (SSSR count). The quantitative estimate of drug-likeness (QED) is 0.738. The summed E-state index contributed by atoms with van der Waals surface area (Å²) in [6.45, 7) is 1.87. The molecule has 2 aliphatic rings. The van der Waals surface area contributed by atoms with Gasteiger partial charge in [0.15, 0.2) is 11.4 Å². The maximum atomic E-state index is 12.4. The Labute approximate surface area is 148 Å². The molecule has 0 unspecified atom stereocenters. The first-order chi connectivity index (χ1) is 10.9. The molecule has 0 amide bonds. The van der Waals surface area contributed by atoms with Crippen LogP contribution in [0.1, 0.15) is 36.8 Å². The molecule has 1 aromatic rings. The number of ether oxygens (including phenoxy) is 2. The van der Waals surface area contributed by atoms with Gasteiger partial charge < -0.3 is 14.6 Å². The van der Waals surface area contributed by atoms with E-state index < -0.39 is 11.6 Å². The largest absolute Gasteiger partial charge is 0.507 e. The molecule has 0 saturated heterocycles. The molecule has 1 fully saturated rings. The third kappa shape index (κ3) is 2.79. The van der Waals surface area contributed by atoms with E-state index in [-0.39, 0.29) is 17.4 Å². The lowest BCUT2D eigenvalue weighted by Gasteiger charge is -2.35. The van der Waals surface area contributed by atoms with Gasteiger partial charge in [-0.1, -0.05) is 11.6 Å². The highest BCUT2D eigenvalue weighted by Crippen LogP contribution is 2.46. The van der Waals surface area contributed by atoms with Gasteiger partial charge in [0.2, 0.25) is 0 Å².